The third-order valence-corrected chi connectivity index (χ3v) is 5.93. The van der Waals surface area contributed by atoms with Crippen molar-refractivity contribution < 1.29 is 9.53 Å². The molecule has 2 aromatic rings. The third kappa shape index (κ3) is 2.99. The number of esters is 1. The molecule has 1 aliphatic rings. The molecule has 1 atom stereocenters. The summed E-state index contributed by atoms with van der Waals surface area (Å²) >= 11 is 1.66. The predicted octanol–water partition coefficient (Wildman–Crippen LogP) is 3.67. The number of methoxy groups -OCH3 is 1. The van der Waals surface area contributed by atoms with E-state index < -0.39 is 5.41 Å². The molecule has 0 bridgehead atoms. The highest BCUT2D eigenvalue weighted by molar-refractivity contribution is 7.16. The first-order chi connectivity index (χ1) is 11.5. The summed E-state index contributed by atoms with van der Waals surface area (Å²) in [5.41, 5.74) is -0.484. The van der Waals surface area contributed by atoms with Crippen molar-refractivity contribution in [1.82, 2.24) is 9.97 Å². The zero-order valence-corrected chi connectivity index (χ0v) is 15.7. The Morgan fingerprint density at radius 3 is 2.96 bits per heavy atom. The summed E-state index contributed by atoms with van der Waals surface area (Å²) in [5, 5.41) is 3.19. The molecule has 0 aliphatic carbocycles. The molecule has 24 heavy (non-hydrogen) atoms. The van der Waals surface area contributed by atoms with E-state index in [1.165, 1.54) is 7.11 Å². The average molecular weight is 347 g/mol. The molecule has 1 fully saturated rings. The maximum Gasteiger partial charge on any atom is 0.311 e. The maximum atomic E-state index is 12.2. The van der Waals surface area contributed by atoms with Crippen molar-refractivity contribution in [1.29, 1.82) is 0 Å². The minimum atomic E-state index is -0.484. The van der Waals surface area contributed by atoms with E-state index >= 15 is 0 Å². The van der Waals surface area contributed by atoms with Gasteiger partial charge < -0.3 is 9.64 Å². The molecule has 0 N–H and O–H groups in total. The van der Waals surface area contributed by atoms with Gasteiger partial charge in [-0.05, 0) is 44.1 Å². The van der Waals surface area contributed by atoms with E-state index in [2.05, 4.69) is 28.3 Å². The van der Waals surface area contributed by atoms with Gasteiger partial charge in [-0.2, -0.15) is 0 Å². The Balaban J connectivity index is 1.93. The standard InChI is InChI=1S/C18H25N3O2S/c1-5-14-19-15(13-8-10-24-16(13)20-14)21-9-6-7-12(11-21)18(2,3)17(22)23-4/h8,10,12H,5-7,9,11H2,1-4H3. The van der Waals surface area contributed by atoms with E-state index in [1.807, 2.05) is 13.8 Å². The zero-order chi connectivity index (χ0) is 17.3. The van der Waals surface area contributed by atoms with Crippen LogP contribution in [0.25, 0.3) is 10.2 Å². The predicted molar refractivity (Wildman–Crippen MR) is 97.5 cm³/mol. The smallest absolute Gasteiger partial charge is 0.311 e. The van der Waals surface area contributed by atoms with Gasteiger partial charge >= 0.3 is 5.97 Å². The van der Waals surface area contributed by atoms with Gasteiger partial charge in [0.2, 0.25) is 0 Å². The van der Waals surface area contributed by atoms with Crippen molar-refractivity contribution >= 4 is 33.3 Å². The molecule has 5 nitrogen and oxygen atoms in total. The second kappa shape index (κ2) is 6.67. The van der Waals surface area contributed by atoms with Crippen LogP contribution in [0.3, 0.4) is 0 Å². The van der Waals surface area contributed by atoms with E-state index in [9.17, 15) is 4.79 Å². The quantitative estimate of drug-likeness (QED) is 0.790. The molecule has 0 saturated carbocycles. The van der Waals surface area contributed by atoms with Crippen molar-refractivity contribution in [3.05, 3.63) is 17.3 Å². The lowest BCUT2D eigenvalue weighted by atomic mass is 9.74. The number of hydrogen-bond donors (Lipinski definition) is 0. The molecule has 1 saturated heterocycles. The van der Waals surface area contributed by atoms with Gasteiger partial charge in [-0.3, -0.25) is 4.79 Å². The molecule has 1 unspecified atom stereocenters. The van der Waals surface area contributed by atoms with Crippen molar-refractivity contribution in [2.45, 2.75) is 40.0 Å². The number of carbonyl (C=O) groups excluding carboxylic acids is 1. The van der Waals surface area contributed by atoms with Gasteiger partial charge in [0.05, 0.1) is 17.9 Å². The van der Waals surface area contributed by atoms with Crippen LogP contribution in [0, 0.1) is 11.3 Å². The monoisotopic (exact) mass is 347 g/mol. The fraction of sp³-hybridized carbons (Fsp3) is 0.611. The molecule has 0 spiro atoms. The largest absolute Gasteiger partial charge is 0.469 e. The maximum absolute atomic E-state index is 12.2. The fourth-order valence-electron chi connectivity index (χ4n) is 3.47. The van der Waals surface area contributed by atoms with Crippen LogP contribution in [0.5, 0.6) is 0 Å². The van der Waals surface area contributed by atoms with Gasteiger partial charge in [0.1, 0.15) is 16.5 Å². The lowest BCUT2D eigenvalue weighted by molar-refractivity contribution is -0.154. The number of piperidine rings is 1. The first-order valence-corrected chi connectivity index (χ1v) is 9.42. The average Bonchev–Trinajstić information content (AvgIpc) is 3.08. The van der Waals surface area contributed by atoms with Crippen LogP contribution in [0.15, 0.2) is 11.4 Å². The van der Waals surface area contributed by atoms with Crippen LogP contribution >= 0.6 is 11.3 Å². The van der Waals surface area contributed by atoms with E-state index in [4.69, 9.17) is 9.72 Å². The van der Waals surface area contributed by atoms with Crippen LogP contribution in [0.2, 0.25) is 0 Å². The number of hydrogen-bond acceptors (Lipinski definition) is 6. The molecule has 0 aromatic carbocycles. The first kappa shape index (κ1) is 17.1. The molecule has 1 aliphatic heterocycles. The second-order valence-corrected chi connectivity index (χ2v) is 7.85. The van der Waals surface area contributed by atoms with Crippen LogP contribution in [-0.2, 0) is 16.0 Å². The van der Waals surface area contributed by atoms with Crippen molar-refractivity contribution in [3.63, 3.8) is 0 Å². The zero-order valence-electron chi connectivity index (χ0n) is 14.8. The van der Waals surface area contributed by atoms with E-state index in [0.29, 0.717) is 0 Å². The number of aryl methyl sites for hydroxylation is 1. The Morgan fingerprint density at radius 1 is 1.46 bits per heavy atom. The molecule has 3 heterocycles. The van der Waals surface area contributed by atoms with Gasteiger partial charge in [-0.1, -0.05) is 6.92 Å². The van der Waals surface area contributed by atoms with Gasteiger partial charge in [-0.25, -0.2) is 9.97 Å². The van der Waals surface area contributed by atoms with Crippen molar-refractivity contribution in [2.75, 3.05) is 25.1 Å². The molecule has 0 radical (unpaired) electrons. The molecule has 3 rings (SSSR count). The number of carbonyl (C=O) groups is 1. The summed E-state index contributed by atoms with van der Waals surface area (Å²) in [6.07, 6.45) is 2.92. The minimum Gasteiger partial charge on any atom is -0.469 e. The molecular formula is C18H25N3O2S. The summed E-state index contributed by atoms with van der Waals surface area (Å²) in [7, 11) is 1.47. The number of nitrogens with zero attached hydrogens (tertiary/aromatic N) is 3. The number of fused-ring (bicyclic) bond motifs is 1. The topological polar surface area (TPSA) is 55.3 Å². The van der Waals surface area contributed by atoms with Crippen LogP contribution < -0.4 is 4.90 Å². The van der Waals surface area contributed by atoms with Gasteiger partial charge in [0.15, 0.2) is 0 Å². The molecule has 2 aromatic heterocycles. The molecule has 0 amide bonds. The normalized spacial score (nSPS) is 18.8. The summed E-state index contributed by atoms with van der Waals surface area (Å²) < 4.78 is 5.02. The SMILES string of the molecule is CCc1nc(N2CCCC(C(C)(C)C(=O)OC)C2)c2ccsc2n1. The van der Waals surface area contributed by atoms with Crippen molar-refractivity contribution in [2.24, 2.45) is 11.3 Å². The van der Waals surface area contributed by atoms with Crippen LogP contribution in [-0.4, -0.2) is 36.1 Å². The highest BCUT2D eigenvalue weighted by Crippen LogP contribution is 2.38. The Hall–Kier alpha value is -1.69. The third-order valence-electron chi connectivity index (χ3n) is 5.12. The lowest BCUT2D eigenvalue weighted by Crippen LogP contribution is -2.45. The van der Waals surface area contributed by atoms with Gasteiger partial charge in [-0.15, -0.1) is 11.3 Å². The van der Waals surface area contributed by atoms with Gasteiger partial charge in [0.25, 0.3) is 0 Å². The number of ether oxygens (including phenoxy) is 1. The molecule has 130 valence electrons. The summed E-state index contributed by atoms with van der Waals surface area (Å²) in [6.45, 7) is 7.86. The van der Waals surface area contributed by atoms with Crippen molar-refractivity contribution in [3.8, 4) is 0 Å². The highest BCUT2D eigenvalue weighted by Gasteiger charge is 2.40. The summed E-state index contributed by atoms with van der Waals surface area (Å²) in [5.74, 6) is 2.03. The number of aromatic nitrogens is 2. The molecular weight excluding hydrogens is 322 g/mol. The molecule has 6 heteroatoms. The highest BCUT2D eigenvalue weighted by atomic mass is 32.1. The second-order valence-electron chi connectivity index (χ2n) is 6.95. The van der Waals surface area contributed by atoms with Crippen LogP contribution in [0.1, 0.15) is 39.4 Å². The summed E-state index contributed by atoms with van der Waals surface area (Å²) in [6, 6.07) is 2.10. The fourth-order valence-corrected chi connectivity index (χ4v) is 4.25. The Bertz CT molecular complexity index is 741. The van der Waals surface area contributed by atoms with Crippen LogP contribution in [0.4, 0.5) is 5.82 Å². The number of rotatable bonds is 4. The lowest BCUT2D eigenvalue weighted by Gasteiger charge is -2.40. The first-order valence-electron chi connectivity index (χ1n) is 8.54. The Morgan fingerprint density at radius 2 is 2.25 bits per heavy atom. The Kier molecular flexibility index (Phi) is 4.76. The van der Waals surface area contributed by atoms with Gasteiger partial charge in [0, 0.05) is 19.5 Å². The van der Waals surface area contributed by atoms with E-state index in [1.54, 1.807) is 11.3 Å². The number of thiophene rings is 1. The van der Waals surface area contributed by atoms with E-state index in [0.717, 1.165) is 54.2 Å². The Labute approximate surface area is 147 Å². The minimum absolute atomic E-state index is 0.132. The number of anilines is 1. The summed E-state index contributed by atoms with van der Waals surface area (Å²) in [4.78, 5) is 25.0. The van der Waals surface area contributed by atoms with E-state index in [-0.39, 0.29) is 11.9 Å².